The van der Waals surface area contributed by atoms with E-state index in [4.69, 9.17) is 0 Å². The molecule has 1 N–H and O–H groups in total. The molecule has 0 amide bonds. The minimum atomic E-state index is -3.00. The number of rotatable bonds is 8. The largest absolute Gasteiger partial charge is 0.317 e. The monoisotopic (exact) mass is 262 g/mol. The first-order chi connectivity index (χ1) is 8.11. The van der Waals surface area contributed by atoms with E-state index >= 15 is 0 Å². The summed E-state index contributed by atoms with van der Waals surface area (Å²) in [5, 5.41) is 3.22. The van der Waals surface area contributed by atoms with Crippen molar-refractivity contribution >= 4 is 10.0 Å². The first kappa shape index (κ1) is 14.9. The van der Waals surface area contributed by atoms with Crippen molar-refractivity contribution in [3.63, 3.8) is 0 Å². The molecular weight excluding hydrogens is 236 g/mol. The maximum Gasteiger partial charge on any atom is 0.214 e. The summed E-state index contributed by atoms with van der Waals surface area (Å²) in [6.07, 6.45) is 4.71. The molecule has 17 heavy (non-hydrogen) atoms. The van der Waals surface area contributed by atoms with Gasteiger partial charge in [-0.25, -0.2) is 8.42 Å². The second-order valence-corrected chi connectivity index (χ2v) is 6.73. The fraction of sp³-hybridized carbons (Fsp3) is 1.00. The summed E-state index contributed by atoms with van der Waals surface area (Å²) in [6.45, 7) is 6.74. The van der Waals surface area contributed by atoms with Crippen LogP contribution in [0.3, 0.4) is 0 Å². The molecule has 0 saturated carbocycles. The zero-order valence-electron chi connectivity index (χ0n) is 11.1. The number of nitrogens with zero attached hydrogens (tertiary/aromatic N) is 1. The Balaban J connectivity index is 2.35. The summed E-state index contributed by atoms with van der Waals surface area (Å²) in [6, 6.07) is 0.258. The standard InChI is InChI=1S/C12H26N2O2S/c1-3-12-8-7-10-14(12)17(15,16)11-6-5-9-13-4-2/h12-13H,3-11H2,1-2H3. The molecule has 102 valence electrons. The highest BCUT2D eigenvalue weighted by molar-refractivity contribution is 7.89. The summed E-state index contributed by atoms with van der Waals surface area (Å²) in [4.78, 5) is 0. The highest BCUT2D eigenvalue weighted by atomic mass is 32.2. The molecule has 1 fully saturated rings. The lowest BCUT2D eigenvalue weighted by Gasteiger charge is -2.22. The molecule has 1 rings (SSSR count). The van der Waals surface area contributed by atoms with Crippen LogP contribution in [0.15, 0.2) is 0 Å². The van der Waals surface area contributed by atoms with Crippen LogP contribution in [0.25, 0.3) is 0 Å². The van der Waals surface area contributed by atoms with Crippen molar-refractivity contribution in [1.29, 1.82) is 0 Å². The Morgan fingerprint density at radius 2 is 2.06 bits per heavy atom. The molecule has 0 spiro atoms. The van der Waals surface area contributed by atoms with Gasteiger partial charge in [0.1, 0.15) is 0 Å². The Morgan fingerprint density at radius 3 is 2.71 bits per heavy atom. The van der Waals surface area contributed by atoms with Gasteiger partial charge in [0, 0.05) is 12.6 Å². The predicted octanol–water partition coefficient (Wildman–Crippen LogP) is 1.58. The predicted molar refractivity (Wildman–Crippen MR) is 71.6 cm³/mol. The van der Waals surface area contributed by atoms with Crippen LogP contribution >= 0.6 is 0 Å². The SMILES string of the molecule is CCNCCCCS(=O)(=O)N1CCCC1CC. The van der Waals surface area contributed by atoms with E-state index in [-0.39, 0.29) is 6.04 Å². The summed E-state index contributed by atoms with van der Waals surface area (Å²) in [5.74, 6) is 0.314. The normalized spacial score (nSPS) is 22.1. The minimum absolute atomic E-state index is 0.258. The lowest BCUT2D eigenvalue weighted by molar-refractivity contribution is 0.379. The number of sulfonamides is 1. The fourth-order valence-electron chi connectivity index (χ4n) is 2.41. The number of nitrogens with one attached hydrogen (secondary N) is 1. The summed E-state index contributed by atoms with van der Waals surface area (Å²) in [7, 11) is -3.00. The van der Waals surface area contributed by atoms with Crippen LogP contribution in [-0.4, -0.2) is 44.2 Å². The Hall–Kier alpha value is -0.130. The van der Waals surface area contributed by atoms with E-state index in [1.54, 1.807) is 4.31 Å². The van der Waals surface area contributed by atoms with E-state index in [0.717, 1.165) is 51.7 Å². The third-order valence-electron chi connectivity index (χ3n) is 3.41. The number of hydrogen-bond acceptors (Lipinski definition) is 3. The van der Waals surface area contributed by atoms with Gasteiger partial charge in [-0.3, -0.25) is 0 Å². The van der Waals surface area contributed by atoms with Gasteiger partial charge in [-0.05, 0) is 45.2 Å². The van der Waals surface area contributed by atoms with Gasteiger partial charge in [0.25, 0.3) is 0 Å². The van der Waals surface area contributed by atoms with Crippen molar-refractivity contribution in [3.05, 3.63) is 0 Å². The average Bonchev–Trinajstić information content (AvgIpc) is 2.77. The number of hydrogen-bond donors (Lipinski definition) is 1. The smallest absolute Gasteiger partial charge is 0.214 e. The summed E-state index contributed by atoms with van der Waals surface area (Å²) >= 11 is 0. The molecular formula is C12H26N2O2S. The zero-order valence-corrected chi connectivity index (χ0v) is 11.9. The van der Waals surface area contributed by atoms with Crippen LogP contribution in [0.5, 0.6) is 0 Å². The molecule has 1 unspecified atom stereocenters. The molecule has 1 heterocycles. The average molecular weight is 262 g/mol. The lowest BCUT2D eigenvalue weighted by atomic mass is 10.2. The van der Waals surface area contributed by atoms with Crippen molar-refractivity contribution in [2.24, 2.45) is 0 Å². The summed E-state index contributed by atoms with van der Waals surface area (Å²) in [5.41, 5.74) is 0. The van der Waals surface area contributed by atoms with Crippen LogP contribution in [0.1, 0.15) is 46.0 Å². The molecule has 5 heteroatoms. The first-order valence-electron chi connectivity index (χ1n) is 6.82. The maximum atomic E-state index is 12.1. The highest BCUT2D eigenvalue weighted by Gasteiger charge is 2.32. The van der Waals surface area contributed by atoms with Crippen LogP contribution in [0.4, 0.5) is 0 Å². The van der Waals surface area contributed by atoms with Crippen LogP contribution in [0.2, 0.25) is 0 Å². The van der Waals surface area contributed by atoms with Gasteiger partial charge >= 0.3 is 0 Å². The molecule has 0 bridgehead atoms. The Bertz CT molecular complexity index is 304. The molecule has 0 radical (unpaired) electrons. The molecule has 0 aromatic carbocycles. The third-order valence-corrected chi connectivity index (χ3v) is 5.41. The van der Waals surface area contributed by atoms with Gasteiger partial charge in [0.05, 0.1) is 5.75 Å². The zero-order chi connectivity index (χ0) is 12.7. The second-order valence-electron chi connectivity index (χ2n) is 4.69. The third kappa shape index (κ3) is 4.56. The van der Waals surface area contributed by atoms with Crippen molar-refractivity contribution in [2.75, 3.05) is 25.4 Å². The Morgan fingerprint density at radius 1 is 1.29 bits per heavy atom. The van der Waals surface area contributed by atoms with Gasteiger partial charge in [0.2, 0.25) is 10.0 Å². The second kappa shape index (κ2) is 7.34. The molecule has 0 aromatic rings. The van der Waals surface area contributed by atoms with E-state index < -0.39 is 10.0 Å². The van der Waals surface area contributed by atoms with E-state index in [2.05, 4.69) is 19.2 Å². The maximum absolute atomic E-state index is 12.1. The van der Waals surface area contributed by atoms with Crippen LogP contribution < -0.4 is 5.32 Å². The quantitative estimate of drug-likeness (QED) is 0.676. The van der Waals surface area contributed by atoms with E-state index in [9.17, 15) is 8.42 Å². The van der Waals surface area contributed by atoms with Gasteiger partial charge in [-0.15, -0.1) is 0 Å². The van der Waals surface area contributed by atoms with E-state index in [0.29, 0.717) is 5.75 Å². The Labute approximate surface area is 106 Å². The molecule has 1 atom stereocenters. The van der Waals surface area contributed by atoms with E-state index in [1.165, 1.54) is 0 Å². The van der Waals surface area contributed by atoms with Gasteiger partial charge in [0.15, 0.2) is 0 Å². The first-order valence-corrected chi connectivity index (χ1v) is 8.43. The van der Waals surface area contributed by atoms with Crippen molar-refractivity contribution < 1.29 is 8.42 Å². The fourth-order valence-corrected chi connectivity index (χ4v) is 4.33. The van der Waals surface area contributed by atoms with Gasteiger partial charge in [-0.1, -0.05) is 13.8 Å². The molecule has 1 aliphatic heterocycles. The molecule has 0 aliphatic carbocycles. The minimum Gasteiger partial charge on any atom is -0.317 e. The van der Waals surface area contributed by atoms with Crippen molar-refractivity contribution in [1.82, 2.24) is 9.62 Å². The molecule has 1 saturated heterocycles. The summed E-state index contributed by atoms with van der Waals surface area (Å²) < 4.78 is 26.0. The van der Waals surface area contributed by atoms with Crippen LogP contribution in [0, 0.1) is 0 Å². The molecule has 1 aliphatic rings. The Kier molecular flexibility index (Phi) is 6.44. The molecule has 0 aromatic heterocycles. The molecule has 4 nitrogen and oxygen atoms in total. The van der Waals surface area contributed by atoms with Crippen LogP contribution in [-0.2, 0) is 10.0 Å². The lowest BCUT2D eigenvalue weighted by Crippen LogP contribution is -2.36. The van der Waals surface area contributed by atoms with E-state index in [1.807, 2.05) is 0 Å². The highest BCUT2D eigenvalue weighted by Crippen LogP contribution is 2.23. The number of unbranched alkanes of at least 4 members (excludes halogenated alkanes) is 1. The van der Waals surface area contributed by atoms with Crippen molar-refractivity contribution in [3.8, 4) is 0 Å². The van der Waals surface area contributed by atoms with Gasteiger partial charge in [-0.2, -0.15) is 4.31 Å². The topological polar surface area (TPSA) is 49.4 Å². The van der Waals surface area contributed by atoms with Crippen molar-refractivity contribution in [2.45, 2.75) is 52.0 Å². The van der Waals surface area contributed by atoms with Gasteiger partial charge < -0.3 is 5.32 Å².